The summed E-state index contributed by atoms with van der Waals surface area (Å²) in [5.74, 6) is -0.383. The summed E-state index contributed by atoms with van der Waals surface area (Å²) in [6, 6.07) is 0. The first-order valence-corrected chi connectivity index (χ1v) is 31.6. The third-order valence-corrected chi connectivity index (χ3v) is 17.7. The minimum absolute atomic E-state index is 0.00202. The molecule has 12 heterocycles. The Morgan fingerprint density at radius 2 is 0.629 bits per heavy atom. The van der Waals surface area contributed by atoms with E-state index in [1.54, 1.807) is 0 Å². The highest BCUT2D eigenvalue weighted by molar-refractivity contribution is 7.48. The van der Waals surface area contributed by atoms with Crippen molar-refractivity contribution in [2.24, 2.45) is 0 Å². The van der Waals surface area contributed by atoms with Crippen molar-refractivity contribution >= 4 is 99.2 Å². The van der Waals surface area contributed by atoms with Crippen LogP contribution >= 0.6 is 31.3 Å². The van der Waals surface area contributed by atoms with Crippen molar-refractivity contribution in [1.29, 1.82) is 0 Å². The first-order valence-electron chi connectivity index (χ1n) is 25.6. The first kappa shape index (κ1) is 62.7. The summed E-state index contributed by atoms with van der Waals surface area (Å²) in [6.07, 6.45) is -20.4. The number of nitrogens with zero attached hydrogens (tertiary/aromatic N) is 16. The van der Waals surface area contributed by atoms with E-state index in [2.05, 4.69) is 64.3 Å². The smallest absolute Gasteiger partial charge is 0.387 e. The minimum atomic E-state index is -5.63. The van der Waals surface area contributed by atoms with E-state index < -0.39 is 156 Å². The van der Waals surface area contributed by atoms with Gasteiger partial charge in [0, 0.05) is 0 Å². The minimum Gasteiger partial charge on any atom is -0.387 e. The Bertz CT molecular complexity index is 4150. The van der Waals surface area contributed by atoms with E-state index in [0.29, 0.717) is 0 Å². The second kappa shape index (κ2) is 23.9. The van der Waals surface area contributed by atoms with Crippen molar-refractivity contribution in [3.8, 4) is 0 Å². The van der Waals surface area contributed by atoms with Crippen molar-refractivity contribution in [2.45, 2.75) is 98.2 Å². The molecule has 8 aromatic heterocycles. The molecule has 4 saturated heterocycles. The molecule has 49 heteroatoms. The van der Waals surface area contributed by atoms with E-state index >= 15 is 0 Å². The number of fused-ring (bicyclic) bond motifs is 4. The lowest BCUT2D eigenvalue weighted by Crippen LogP contribution is -2.37. The van der Waals surface area contributed by atoms with Gasteiger partial charge in [-0.25, -0.2) is 78.1 Å². The van der Waals surface area contributed by atoms with Gasteiger partial charge in [-0.1, -0.05) is 0 Å². The molecule has 3 unspecified atom stereocenters. The van der Waals surface area contributed by atoms with Crippen LogP contribution in [0.1, 0.15) is 24.9 Å². The number of phosphoric ester groups is 4. The molecule has 4 fully saturated rings. The Kier molecular flexibility index (Phi) is 16.9. The molecule has 4 aliphatic rings. The van der Waals surface area contributed by atoms with E-state index in [0.717, 1.165) is 58.0 Å². The van der Waals surface area contributed by atoms with Gasteiger partial charge in [-0.3, -0.25) is 49.9 Å². The van der Waals surface area contributed by atoms with E-state index in [-0.39, 0.29) is 67.9 Å². The zero-order valence-electron chi connectivity index (χ0n) is 44.5. The fourth-order valence-electron chi connectivity index (χ4n) is 10.1. The van der Waals surface area contributed by atoms with Crippen LogP contribution in [0.3, 0.4) is 0 Å². The highest BCUT2D eigenvalue weighted by Gasteiger charge is 2.55. The molecule has 4 aliphatic heterocycles. The lowest BCUT2D eigenvalue weighted by atomic mass is 10.1. The molecule has 0 aliphatic carbocycles. The summed E-state index contributed by atoms with van der Waals surface area (Å²) in [5.41, 5.74) is 23.8. The van der Waals surface area contributed by atoms with Gasteiger partial charge in [0.15, 0.2) is 70.8 Å². The largest absolute Gasteiger partial charge is 0.472 e. The average Bonchev–Trinajstić information content (AvgIpc) is 1.70. The normalized spacial score (nSPS) is 31.3. The summed E-state index contributed by atoms with van der Waals surface area (Å²) in [5, 5.41) is 56.8. The summed E-state index contributed by atoms with van der Waals surface area (Å²) in [6.45, 7) is -4.16. The summed E-state index contributed by atoms with van der Waals surface area (Å²) < 4.78 is 118. The molecular formula is C40H50N20O25P4. The molecule has 480 valence electrons. The molecule has 0 spiro atoms. The average molecular weight is 1330 g/mol. The van der Waals surface area contributed by atoms with Crippen molar-refractivity contribution in [1.82, 2.24) is 78.1 Å². The summed E-state index contributed by atoms with van der Waals surface area (Å²) in [4.78, 5) is 101. The van der Waals surface area contributed by atoms with E-state index in [1.165, 1.54) is 10.9 Å². The number of rotatable bonds is 22. The van der Waals surface area contributed by atoms with Crippen LogP contribution in [0, 0.1) is 0 Å². The number of imidazole rings is 4. The van der Waals surface area contributed by atoms with Gasteiger partial charge >= 0.3 is 31.3 Å². The predicted octanol–water partition coefficient (Wildman–Crippen LogP) is -4.32. The van der Waals surface area contributed by atoms with Gasteiger partial charge in [0.1, 0.15) is 121 Å². The molecule has 0 aromatic carbocycles. The van der Waals surface area contributed by atoms with Crippen molar-refractivity contribution in [3.05, 3.63) is 50.6 Å². The number of aromatic nitrogens is 16. The highest BCUT2D eigenvalue weighted by atomic mass is 31.2. The Hall–Kier alpha value is -6.52. The molecule has 18 N–H and O–H groups in total. The van der Waals surface area contributed by atoms with Gasteiger partial charge in [0.05, 0.1) is 51.7 Å². The molecule has 0 amide bonds. The van der Waals surface area contributed by atoms with E-state index in [1.807, 2.05) is 0 Å². The quantitative estimate of drug-likeness (QED) is 0.0285. The van der Waals surface area contributed by atoms with Crippen LogP contribution in [-0.2, 0) is 68.9 Å². The Balaban J connectivity index is 0.751. The monoisotopic (exact) mass is 1330 g/mol. The zero-order valence-corrected chi connectivity index (χ0v) is 48.1. The van der Waals surface area contributed by atoms with E-state index in [4.69, 9.17) is 69.0 Å². The maximum absolute atomic E-state index is 14.1. The van der Waals surface area contributed by atoms with Crippen LogP contribution in [0.2, 0.25) is 0 Å². The van der Waals surface area contributed by atoms with Crippen LogP contribution in [0.15, 0.2) is 50.6 Å². The molecule has 0 saturated carbocycles. The number of ether oxygens (including phenoxy) is 4. The van der Waals surface area contributed by atoms with Crippen LogP contribution in [0.4, 0.5) is 23.3 Å². The molecule has 0 radical (unpaired) electrons. The third-order valence-electron chi connectivity index (χ3n) is 14.3. The second-order valence-corrected chi connectivity index (χ2v) is 25.3. The number of hydrogen-bond acceptors (Lipinski definition) is 36. The Labute approximate surface area is 493 Å². The molecule has 0 bridgehead atoms. The topological polar surface area (TPSA) is 651 Å². The van der Waals surface area contributed by atoms with Crippen LogP contribution in [0.5, 0.6) is 0 Å². The molecule has 8 aromatic rings. The molecular weight excluding hydrogens is 1280 g/mol. The van der Waals surface area contributed by atoms with Gasteiger partial charge in [-0.2, -0.15) is 0 Å². The van der Waals surface area contributed by atoms with Gasteiger partial charge in [-0.15, -0.1) is 0 Å². The van der Waals surface area contributed by atoms with Gasteiger partial charge in [0.2, 0.25) is 0 Å². The number of aliphatic hydroxyl groups is 5. The van der Waals surface area contributed by atoms with Crippen molar-refractivity contribution in [3.63, 3.8) is 0 Å². The summed E-state index contributed by atoms with van der Waals surface area (Å²) >= 11 is 0. The maximum Gasteiger partial charge on any atom is 0.472 e. The molecule has 12 rings (SSSR count). The van der Waals surface area contributed by atoms with Crippen molar-refractivity contribution in [2.75, 3.05) is 49.4 Å². The lowest BCUT2D eigenvalue weighted by molar-refractivity contribution is -0.0656. The van der Waals surface area contributed by atoms with Crippen LogP contribution in [-0.4, -0.2) is 228 Å². The molecule has 19 atom stereocenters. The van der Waals surface area contributed by atoms with Crippen LogP contribution in [0.25, 0.3) is 44.7 Å². The van der Waals surface area contributed by atoms with Gasteiger partial charge in [-0.05, 0) is 0 Å². The third kappa shape index (κ3) is 12.3. The van der Waals surface area contributed by atoms with E-state index in [9.17, 15) is 68.3 Å². The standard InChI is InChI=1S/C40H50N20O25P4/c41-29-17-33(49-5-45-29)57(9-53-17)37-25(65)21(61)13(79-37)2-76-87(69,70)84-27-23(63)15(81-39(27)59-11-55-19-31(43)47-7-51-35(19)59)4-78-89(73,74)85-28-24(64)16(82-40(28)60-12-56-20-32(44)48-8-52-36(20)60)3-77-88(71,72)83-26-22(62)14(1-75-86(66,67)68)80-38(26)58-10-54-18-30(42)46-6-50-34(18)58/h5-16,21-28,37-40,61-65H,1-4H2,(H,69,70)(H,71,72)(H,73,74)(H2,41,45,49)(H2,42,46,50)(H2,43,47,51)(H2,44,48,52)(H2,66,67,68)/t13-,14-,15-,16-,21-,22-,23-,24-,25-,26-,27-,28-,37-,38-,39-,40-/m1/s1. The first-order chi connectivity index (χ1) is 42.2. The Morgan fingerprint density at radius 1 is 0.371 bits per heavy atom. The number of nitrogens with two attached hydrogens (primary N) is 4. The van der Waals surface area contributed by atoms with Gasteiger partial charge < -0.3 is 91.9 Å². The van der Waals surface area contributed by atoms with Crippen molar-refractivity contribution < 1.29 is 119 Å². The number of nitrogen functional groups attached to an aromatic ring is 4. The lowest BCUT2D eigenvalue weighted by Gasteiger charge is -2.25. The number of aliphatic hydroxyl groups excluding tert-OH is 5. The zero-order chi connectivity index (χ0) is 63.2. The SMILES string of the molecule is Nc1ncnc2c1ncn2[C@@H]1O[C@H](COP(=O)(O)O[C@@H]2[C@H](O)[C@@H](COP(=O)(O)O[C@@H]3[C@H](O)[C@@H](COP(=O)(O)O[C@@H]4[C@H](O)[C@@H](COP(=O)(O)O)O[C@H]4n4cnc5c(N)ncnc54)O[C@H]3n3cnc4c(N)ncnc43)O[C@H]2n2cnc3c(N)ncnc32)[C@@H](O)[C@H]1O. The Morgan fingerprint density at radius 3 is 0.921 bits per heavy atom. The fraction of sp³-hybridized carbons (Fsp3) is 0.500. The number of phosphoric acid groups is 4. The fourth-order valence-corrected chi connectivity index (χ4v) is 13.3. The molecule has 89 heavy (non-hydrogen) atoms. The maximum atomic E-state index is 14.1. The number of anilines is 4. The van der Waals surface area contributed by atoms with Crippen LogP contribution < -0.4 is 22.9 Å². The number of hydrogen-bond donors (Lipinski definition) is 14. The summed E-state index contributed by atoms with van der Waals surface area (Å²) in [7, 11) is -21.8. The molecule has 45 nitrogen and oxygen atoms in total. The highest BCUT2D eigenvalue weighted by Crippen LogP contribution is 2.55. The second-order valence-electron chi connectivity index (χ2n) is 19.8. The van der Waals surface area contributed by atoms with Gasteiger partial charge in [0.25, 0.3) is 0 Å². The predicted molar refractivity (Wildman–Crippen MR) is 285 cm³/mol.